The molecular formula is C16H42N2O5S3. The SMILES string of the molecule is CCCC(C)=O.CCC[C@@H](C)N[C@@H](C)C(=O)O.C[C@H](N)C(=O)O.S.S.S.[HH]. The molecular weight excluding hydrogens is 396 g/mol. The molecule has 10 heteroatoms. The Bertz CT molecular complexity index is 352. The molecule has 0 aliphatic rings. The van der Waals surface area contributed by atoms with E-state index in [2.05, 4.69) is 12.2 Å². The molecule has 0 bridgehead atoms. The van der Waals surface area contributed by atoms with Crippen molar-refractivity contribution < 1.29 is 26.0 Å². The fourth-order valence-corrected chi connectivity index (χ4v) is 1.37. The second kappa shape index (κ2) is 26.8. The van der Waals surface area contributed by atoms with Crippen LogP contribution >= 0.6 is 40.5 Å². The lowest BCUT2D eigenvalue weighted by molar-refractivity contribution is -0.139. The van der Waals surface area contributed by atoms with Crippen molar-refractivity contribution >= 4 is 58.2 Å². The zero-order valence-corrected chi connectivity index (χ0v) is 19.8. The molecule has 0 aromatic heterocycles. The number of nitrogens with one attached hydrogen (secondary N) is 1. The summed E-state index contributed by atoms with van der Waals surface area (Å²) in [5.74, 6) is -1.46. The van der Waals surface area contributed by atoms with Crippen LogP contribution in [0.15, 0.2) is 0 Å². The first-order valence-corrected chi connectivity index (χ1v) is 7.96. The van der Waals surface area contributed by atoms with Gasteiger partial charge in [-0.2, -0.15) is 40.5 Å². The van der Waals surface area contributed by atoms with Crippen molar-refractivity contribution in [1.82, 2.24) is 5.32 Å². The number of ketones is 1. The van der Waals surface area contributed by atoms with E-state index in [1.54, 1.807) is 13.8 Å². The second-order valence-corrected chi connectivity index (χ2v) is 5.50. The number of aliphatic carboxylic acids is 2. The summed E-state index contributed by atoms with van der Waals surface area (Å²) >= 11 is 0. The molecule has 164 valence electrons. The third kappa shape index (κ3) is 38.9. The summed E-state index contributed by atoms with van der Waals surface area (Å²) in [6.45, 7) is 10.8. The van der Waals surface area contributed by atoms with Gasteiger partial charge < -0.3 is 26.1 Å². The van der Waals surface area contributed by atoms with E-state index in [1.165, 1.54) is 6.92 Å². The minimum atomic E-state index is -0.963. The minimum absolute atomic E-state index is 0. The van der Waals surface area contributed by atoms with Gasteiger partial charge in [-0.05, 0) is 40.5 Å². The number of carbonyl (C=O) groups is 3. The van der Waals surface area contributed by atoms with E-state index in [4.69, 9.17) is 15.9 Å². The molecule has 0 aliphatic heterocycles. The van der Waals surface area contributed by atoms with Crippen LogP contribution in [0.4, 0.5) is 0 Å². The van der Waals surface area contributed by atoms with E-state index in [-0.39, 0.29) is 47.7 Å². The molecule has 26 heavy (non-hydrogen) atoms. The van der Waals surface area contributed by atoms with Crippen LogP contribution in [0.1, 0.15) is 68.7 Å². The molecule has 0 aromatic carbocycles. The van der Waals surface area contributed by atoms with E-state index in [0.717, 1.165) is 25.7 Å². The molecule has 0 heterocycles. The third-order valence-electron chi connectivity index (χ3n) is 2.62. The Labute approximate surface area is 180 Å². The molecule has 0 fully saturated rings. The van der Waals surface area contributed by atoms with Crippen LogP contribution in [0.2, 0.25) is 0 Å². The smallest absolute Gasteiger partial charge is 0.320 e. The highest BCUT2D eigenvalue weighted by Crippen LogP contribution is 1.96. The van der Waals surface area contributed by atoms with Crippen molar-refractivity contribution in [2.75, 3.05) is 0 Å². The lowest BCUT2D eigenvalue weighted by Gasteiger charge is -2.15. The quantitative estimate of drug-likeness (QED) is 0.458. The van der Waals surface area contributed by atoms with Crippen LogP contribution in [-0.2, 0) is 14.4 Å². The van der Waals surface area contributed by atoms with Crippen molar-refractivity contribution in [3.05, 3.63) is 0 Å². The lowest BCUT2D eigenvalue weighted by Crippen LogP contribution is -2.39. The molecule has 0 saturated heterocycles. The largest absolute Gasteiger partial charge is 0.480 e. The third-order valence-corrected chi connectivity index (χ3v) is 2.62. The Morgan fingerprint density at radius 1 is 0.962 bits per heavy atom. The summed E-state index contributed by atoms with van der Waals surface area (Å²) in [7, 11) is 0. The summed E-state index contributed by atoms with van der Waals surface area (Å²) in [6.07, 6.45) is 3.83. The molecule has 5 N–H and O–H groups in total. The summed E-state index contributed by atoms with van der Waals surface area (Å²) in [5, 5.41) is 19.4. The van der Waals surface area contributed by atoms with E-state index < -0.39 is 24.0 Å². The Hall–Kier alpha value is -0.420. The molecule has 7 nitrogen and oxygen atoms in total. The number of hydrogen-bond donors (Lipinski definition) is 4. The number of hydrogen-bond acceptors (Lipinski definition) is 5. The molecule has 0 unspecified atom stereocenters. The maximum Gasteiger partial charge on any atom is 0.320 e. The van der Waals surface area contributed by atoms with Gasteiger partial charge in [0.2, 0.25) is 0 Å². The highest BCUT2D eigenvalue weighted by Gasteiger charge is 2.12. The van der Waals surface area contributed by atoms with Crippen molar-refractivity contribution in [2.24, 2.45) is 5.73 Å². The van der Waals surface area contributed by atoms with Crippen LogP contribution in [0.25, 0.3) is 0 Å². The van der Waals surface area contributed by atoms with Gasteiger partial charge >= 0.3 is 11.9 Å². The Morgan fingerprint density at radius 2 is 1.35 bits per heavy atom. The van der Waals surface area contributed by atoms with E-state index in [1.807, 2.05) is 13.8 Å². The zero-order valence-electron chi connectivity index (χ0n) is 16.8. The fourth-order valence-electron chi connectivity index (χ4n) is 1.37. The summed E-state index contributed by atoms with van der Waals surface area (Å²) < 4.78 is 0. The van der Waals surface area contributed by atoms with Crippen molar-refractivity contribution in [2.45, 2.75) is 85.4 Å². The Kier molecular flexibility index (Phi) is 41.6. The van der Waals surface area contributed by atoms with Gasteiger partial charge in [-0.3, -0.25) is 9.59 Å². The van der Waals surface area contributed by atoms with Gasteiger partial charge in [0.1, 0.15) is 17.9 Å². The number of Topliss-reactive ketones (excluding diaryl/α,β-unsaturated/α-hetero) is 1. The van der Waals surface area contributed by atoms with Crippen LogP contribution in [0, 0.1) is 0 Å². The molecule has 0 spiro atoms. The second-order valence-electron chi connectivity index (χ2n) is 5.50. The predicted octanol–water partition coefficient (Wildman–Crippen LogP) is 2.62. The van der Waals surface area contributed by atoms with Crippen molar-refractivity contribution in [3.8, 4) is 0 Å². The van der Waals surface area contributed by atoms with Gasteiger partial charge in [-0.1, -0.05) is 20.3 Å². The average Bonchev–Trinajstić information content (AvgIpc) is 2.39. The van der Waals surface area contributed by atoms with Crippen LogP contribution in [0.3, 0.4) is 0 Å². The number of rotatable bonds is 8. The maximum atomic E-state index is 10.4. The molecule has 0 rings (SSSR count). The van der Waals surface area contributed by atoms with Crippen LogP contribution in [0.5, 0.6) is 0 Å². The van der Waals surface area contributed by atoms with Gasteiger partial charge in [0.05, 0.1) is 0 Å². The number of carboxylic acid groups (broad SMARTS) is 2. The van der Waals surface area contributed by atoms with Crippen LogP contribution in [-0.4, -0.2) is 46.1 Å². The van der Waals surface area contributed by atoms with E-state index in [0.29, 0.717) is 6.04 Å². The summed E-state index contributed by atoms with van der Waals surface area (Å²) in [6, 6.07) is -0.868. The topological polar surface area (TPSA) is 130 Å². The highest BCUT2D eigenvalue weighted by atomic mass is 32.1. The zero-order chi connectivity index (χ0) is 19.0. The van der Waals surface area contributed by atoms with Crippen molar-refractivity contribution in [1.29, 1.82) is 0 Å². The molecule has 0 aliphatic carbocycles. The highest BCUT2D eigenvalue weighted by molar-refractivity contribution is 7.59. The molecule has 3 atom stereocenters. The summed E-state index contributed by atoms with van der Waals surface area (Å²) in [5.41, 5.74) is 4.84. The number of carboxylic acids is 2. The van der Waals surface area contributed by atoms with Gasteiger partial charge in [-0.15, -0.1) is 0 Å². The van der Waals surface area contributed by atoms with Gasteiger partial charge in [0.25, 0.3) is 0 Å². The van der Waals surface area contributed by atoms with E-state index in [9.17, 15) is 14.4 Å². The molecule has 0 aromatic rings. The van der Waals surface area contributed by atoms with Gasteiger partial charge in [-0.25, -0.2) is 0 Å². The lowest BCUT2D eigenvalue weighted by atomic mass is 10.2. The Balaban J connectivity index is -0.0000000440. The maximum absolute atomic E-state index is 10.4. The average molecular weight is 439 g/mol. The van der Waals surface area contributed by atoms with E-state index >= 15 is 0 Å². The first kappa shape index (κ1) is 40.3. The monoisotopic (exact) mass is 438 g/mol. The standard InChI is InChI=1S/C8H17NO2.C5H10O.C3H7NO2.3H2S.H2/c1-4-5-6(2)9-7(3)8(10)11;1-3-4-5(2)6;1-2(4)3(5)6;;;;/h6-7,9H,4-5H2,1-3H3,(H,10,11);3-4H2,1-2H3;2H,4H2,1H3,(H,5,6);3*1H2;1H/t6-,7+;;2-;;;;/m1.0..../s1. The van der Waals surface area contributed by atoms with Gasteiger partial charge in [0, 0.05) is 13.9 Å². The normalized spacial score (nSPS) is 11.8. The Morgan fingerprint density at radius 3 is 1.50 bits per heavy atom. The number of carbonyl (C=O) groups excluding carboxylic acids is 1. The van der Waals surface area contributed by atoms with Gasteiger partial charge in [0.15, 0.2) is 0 Å². The molecule has 0 saturated carbocycles. The first-order valence-electron chi connectivity index (χ1n) is 7.96. The number of nitrogens with two attached hydrogens (primary N) is 1. The van der Waals surface area contributed by atoms with Crippen LogP contribution < -0.4 is 11.1 Å². The van der Waals surface area contributed by atoms with Crippen molar-refractivity contribution in [3.63, 3.8) is 0 Å². The molecule has 0 radical (unpaired) electrons. The first-order chi connectivity index (χ1) is 10.5. The minimum Gasteiger partial charge on any atom is -0.480 e. The molecule has 0 amide bonds. The summed E-state index contributed by atoms with van der Waals surface area (Å²) in [4.78, 5) is 30.0. The fraction of sp³-hybridized carbons (Fsp3) is 0.812. The predicted molar refractivity (Wildman–Crippen MR) is 125 cm³/mol.